The first-order chi connectivity index (χ1) is 24.3. The third kappa shape index (κ3) is 8.41. The van der Waals surface area contributed by atoms with Crippen molar-refractivity contribution in [1.82, 2.24) is 0 Å². The van der Waals surface area contributed by atoms with Crippen molar-refractivity contribution in [2.75, 3.05) is 0 Å². The van der Waals surface area contributed by atoms with Gasteiger partial charge in [-0.3, -0.25) is 10.2 Å². The van der Waals surface area contributed by atoms with E-state index in [1.165, 1.54) is 23.3 Å². The molecule has 6 heteroatoms. The summed E-state index contributed by atoms with van der Waals surface area (Å²) < 4.78 is 30.2. The highest BCUT2D eigenvalue weighted by molar-refractivity contribution is 6.31. The molecule has 1 aromatic rings. The average Bonchev–Trinajstić information content (AvgIpc) is 3.20. The molecule has 1 N–H and O–H groups in total. The van der Waals surface area contributed by atoms with Crippen LogP contribution in [0.2, 0.25) is 0 Å². The Hall–Kier alpha value is -5.19. The number of hydrogen-bond acceptors (Lipinski definition) is 4. The summed E-state index contributed by atoms with van der Waals surface area (Å²) in [4.78, 5) is 17.5. The molecule has 0 radical (unpaired) electrons. The van der Waals surface area contributed by atoms with E-state index in [0.717, 1.165) is 88.0 Å². The molecular weight excluding hydrogens is 639 g/mol. The minimum absolute atomic E-state index is 0.0410. The van der Waals surface area contributed by atoms with Gasteiger partial charge in [-0.15, -0.1) is 5.73 Å². The van der Waals surface area contributed by atoms with Gasteiger partial charge in [-0.25, -0.2) is 4.99 Å². The van der Waals surface area contributed by atoms with Gasteiger partial charge in [0, 0.05) is 16.7 Å². The Balaban J connectivity index is 1.38. The molecule has 1 unspecified atom stereocenters. The molecule has 0 saturated carbocycles. The number of nitrogens with zero attached hydrogens (tertiary/aromatic N) is 1. The van der Waals surface area contributed by atoms with Crippen molar-refractivity contribution >= 4 is 22.8 Å². The van der Waals surface area contributed by atoms with E-state index in [4.69, 9.17) is 4.99 Å². The van der Waals surface area contributed by atoms with Crippen molar-refractivity contribution < 1.29 is 18.3 Å². The Morgan fingerprint density at radius 1 is 1.08 bits per heavy atom. The molecule has 0 aromatic heterocycles. The van der Waals surface area contributed by atoms with Crippen molar-refractivity contribution in [2.45, 2.75) is 79.8 Å². The van der Waals surface area contributed by atoms with Crippen LogP contribution < -0.4 is 4.74 Å². The van der Waals surface area contributed by atoms with Crippen LogP contribution in [0.1, 0.15) is 78.7 Å². The second kappa shape index (κ2) is 15.8. The van der Waals surface area contributed by atoms with Gasteiger partial charge in [0.2, 0.25) is 0 Å². The Kier molecular flexibility index (Phi) is 11.5. The average molecular weight is 685 g/mol. The van der Waals surface area contributed by atoms with Gasteiger partial charge in [-0.1, -0.05) is 73.7 Å². The highest BCUT2D eigenvalue weighted by Crippen LogP contribution is 2.45. The Bertz CT molecular complexity index is 2030. The Morgan fingerprint density at radius 2 is 1.82 bits per heavy atom. The molecule has 0 amide bonds. The van der Waals surface area contributed by atoms with Crippen LogP contribution in [-0.2, 0) is 4.79 Å². The molecule has 4 aliphatic rings. The highest BCUT2D eigenvalue weighted by atomic mass is 19.3. The van der Waals surface area contributed by atoms with Gasteiger partial charge in [0.25, 0.3) is 0 Å². The first-order valence-electron chi connectivity index (χ1n) is 17.4. The summed E-state index contributed by atoms with van der Waals surface area (Å²) in [5.41, 5.74) is 15.6. The van der Waals surface area contributed by atoms with E-state index in [0.29, 0.717) is 17.7 Å². The van der Waals surface area contributed by atoms with Gasteiger partial charge in [0.1, 0.15) is 5.75 Å². The van der Waals surface area contributed by atoms with Crippen LogP contribution in [0.25, 0.3) is 5.57 Å². The highest BCUT2D eigenvalue weighted by Gasteiger charge is 2.34. The van der Waals surface area contributed by atoms with Gasteiger partial charge in [0.05, 0.1) is 17.6 Å². The predicted octanol–water partition coefficient (Wildman–Crippen LogP) is 11.8. The lowest BCUT2D eigenvalue weighted by Crippen LogP contribution is -2.25. The number of ether oxygens (including phenoxy) is 1. The van der Waals surface area contributed by atoms with E-state index >= 15 is 0 Å². The third-order valence-corrected chi connectivity index (χ3v) is 10.2. The molecule has 3 aliphatic carbocycles. The zero-order chi connectivity index (χ0) is 36.9. The predicted molar refractivity (Wildman–Crippen MR) is 206 cm³/mol. The fourth-order valence-electron chi connectivity index (χ4n) is 7.00. The van der Waals surface area contributed by atoms with E-state index in [1.54, 1.807) is 30.5 Å². The number of allylic oxidation sites excluding steroid dienone is 19. The molecule has 1 atom stereocenters. The zero-order valence-electron chi connectivity index (χ0n) is 30.3. The maximum atomic E-state index is 12.8. The van der Waals surface area contributed by atoms with Crippen LogP contribution in [0.3, 0.4) is 0 Å². The smallest absolute Gasteiger partial charge is 0.387 e. The van der Waals surface area contributed by atoms with E-state index in [9.17, 15) is 19.0 Å². The van der Waals surface area contributed by atoms with Crippen LogP contribution in [0.5, 0.6) is 5.75 Å². The normalized spacial score (nSPS) is 20.9. The molecule has 5 rings (SSSR count). The van der Waals surface area contributed by atoms with Crippen LogP contribution in [-0.4, -0.2) is 23.8 Å². The van der Waals surface area contributed by atoms with Crippen LogP contribution in [0, 0.1) is 10.8 Å². The lowest BCUT2D eigenvalue weighted by molar-refractivity contribution is -0.111. The molecule has 0 bridgehead atoms. The Labute approximate surface area is 301 Å². The minimum Gasteiger partial charge on any atom is -0.435 e. The number of nitrogens with one attached hydrogen (secondary N) is 1. The Morgan fingerprint density at radius 3 is 2.51 bits per heavy atom. The number of aliphatic imine (C=N–C) groups is 1. The summed E-state index contributed by atoms with van der Waals surface area (Å²) in [6, 6.07) is 6.41. The molecule has 1 heterocycles. The lowest BCUT2D eigenvalue weighted by Gasteiger charge is -2.32. The maximum Gasteiger partial charge on any atom is 0.387 e. The fraction of sp³-hybridized carbons (Fsp3) is 0.289. The van der Waals surface area contributed by atoms with E-state index in [2.05, 4.69) is 61.8 Å². The van der Waals surface area contributed by atoms with Gasteiger partial charge < -0.3 is 4.74 Å². The summed E-state index contributed by atoms with van der Waals surface area (Å²) in [6.07, 6.45) is 22.4. The molecule has 0 fully saturated rings. The standard InChI is InChI=1S/C45H46F2N2O2/c1-8-11-40(50)36-15-14-34(24-29(4)25-36)37-26-35-13-10-23-49-43(39(35)27-37)33-12-9-21-45(7,22-20-33)31(6)42(48)41(30(5)28(2)3)32-16-18-38(19-17-32)51-44(46)47/h8,11-19,23-24,27,44,48H,2,6,9,20-22,25-26H2,1,3-5,7H3. The van der Waals surface area contributed by atoms with Gasteiger partial charge in [-0.05, 0) is 141 Å². The van der Waals surface area contributed by atoms with E-state index in [1.807, 2.05) is 32.9 Å². The quantitative estimate of drug-likeness (QED) is 0.109. The topological polar surface area (TPSA) is 62.5 Å². The molecule has 51 heavy (non-hydrogen) atoms. The number of hydrogen-bond donors (Lipinski definition) is 1. The second-order valence-corrected chi connectivity index (χ2v) is 13.9. The van der Waals surface area contributed by atoms with E-state index < -0.39 is 6.61 Å². The number of halogens is 2. The lowest BCUT2D eigenvalue weighted by atomic mass is 9.71. The number of carbonyl (C=O) groups excluding carboxylic acids is 1. The molecule has 262 valence electrons. The van der Waals surface area contributed by atoms with Gasteiger partial charge in [0.15, 0.2) is 5.78 Å². The summed E-state index contributed by atoms with van der Waals surface area (Å²) in [7, 11) is 0. The van der Waals surface area contributed by atoms with Crippen molar-refractivity contribution in [3.8, 4) is 5.75 Å². The van der Waals surface area contributed by atoms with Crippen LogP contribution in [0.4, 0.5) is 8.78 Å². The molecule has 0 saturated heterocycles. The number of carbonyl (C=O) groups is 1. The second-order valence-electron chi connectivity index (χ2n) is 13.9. The SMILES string of the molecule is C=C(C)C(C)=C(C(=N)C(=C)C1(C)CCC=C(C2=NC=C=CC3=C2C=C(C2=CC=C(C(=O)C=CC)CC(C)=C2)C3)CC1)c1ccc(OC(F)F)cc1. The monoisotopic (exact) mass is 684 g/mol. The number of rotatable bonds is 11. The fourth-order valence-corrected chi connectivity index (χ4v) is 7.00. The number of ketones is 1. The van der Waals surface area contributed by atoms with Gasteiger partial charge >= 0.3 is 6.61 Å². The summed E-state index contributed by atoms with van der Waals surface area (Å²) in [6.45, 7) is 15.6. The first-order valence-corrected chi connectivity index (χ1v) is 17.4. The summed E-state index contributed by atoms with van der Waals surface area (Å²) in [5.74, 6) is 0.106. The van der Waals surface area contributed by atoms with Crippen LogP contribution in [0.15, 0.2) is 159 Å². The minimum atomic E-state index is -2.91. The number of benzene rings is 1. The third-order valence-electron chi connectivity index (χ3n) is 10.2. The first kappa shape index (κ1) is 37.1. The molecular formula is C45H46F2N2O2. The molecule has 4 nitrogen and oxygen atoms in total. The van der Waals surface area contributed by atoms with Gasteiger partial charge in [-0.2, -0.15) is 8.78 Å². The van der Waals surface area contributed by atoms with E-state index in [-0.39, 0.29) is 16.9 Å². The number of alkyl halides is 2. The molecule has 0 spiro atoms. The summed E-state index contributed by atoms with van der Waals surface area (Å²) in [5, 5.41) is 9.43. The van der Waals surface area contributed by atoms with Crippen molar-refractivity contribution in [3.05, 3.63) is 159 Å². The van der Waals surface area contributed by atoms with Crippen molar-refractivity contribution in [1.29, 1.82) is 5.41 Å². The largest absolute Gasteiger partial charge is 0.435 e. The zero-order valence-corrected chi connectivity index (χ0v) is 30.3. The maximum absolute atomic E-state index is 12.8. The van der Waals surface area contributed by atoms with Crippen molar-refractivity contribution in [3.63, 3.8) is 0 Å². The summed E-state index contributed by atoms with van der Waals surface area (Å²) >= 11 is 0. The molecule has 1 aromatic carbocycles. The molecule has 1 aliphatic heterocycles. The van der Waals surface area contributed by atoms with Crippen molar-refractivity contribution in [2.24, 2.45) is 10.4 Å². The van der Waals surface area contributed by atoms with Crippen LogP contribution >= 0.6 is 0 Å².